The van der Waals surface area contributed by atoms with Gasteiger partial charge in [0.15, 0.2) is 0 Å². The van der Waals surface area contributed by atoms with E-state index in [0.717, 1.165) is 0 Å². The Bertz CT molecular complexity index is 790. The molecule has 1 aromatic heterocycles. The Balaban J connectivity index is 1.62. The number of nitrogens with zero attached hydrogens (tertiary/aromatic N) is 3. The summed E-state index contributed by atoms with van der Waals surface area (Å²) in [6.07, 6.45) is 1.60. The van der Waals surface area contributed by atoms with E-state index in [1.165, 1.54) is 0 Å². The van der Waals surface area contributed by atoms with Crippen molar-refractivity contribution in [2.24, 2.45) is 0 Å². The largest absolute Gasteiger partial charge is 0.492 e. The highest BCUT2D eigenvalue weighted by molar-refractivity contribution is 6.32. The number of hydrogen-bond acceptors (Lipinski definition) is 4. The predicted octanol–water partition coefficient (Wildman–Crippen LogP) is 2.73. The first-order valence-electron chi connectivity index (χ1n) is 8.52. The molecule has 0 bridgehead atoms. The van der Waals surface area contributed by atoms with Crippen LogP contribution in [0.4, 0.5) is 0 Å². The molecule has 1 aliphatic rings. The first kappa shape index (κ1) is 18.2. The van der Waals surface area contributed by atoms with E-state index in [4.69, 9.17) is 16.3 Å². The monoisotopic (exact) mass is 373 g/mol. The van der Waals surface area contributed by atoms with Crippen LogP contribution in [0.5, 0.6) is 5.75 Å². The molecule has 0 radical (unpaired) electrons. The van der Waals surface area contributed by atoms with Gasteiger partial charge in [0.1, 0.15) is 11.4 Å². The highest BCUT2D eigenvalue weighted by Crippen LogP contribution is 2.26. The van der Waals surface area contributed by atoms with Gasteiger partial charge in [0.25, 0.3) is 11.8 Å². The normalized spacial score (nSPS) is 14.2. The molecule has 0 N–H and O–H groups in total. The summed E-state index contributed by atoms with van der Waals surface area (Å²) in [5.74, 6) is 0.359. The zero-order chi connectivity index (χ0) is 18.5. The van der Waals surface area contributed by atoms with Crippen molar-refractivity contribution in [3.63, 3.8) is 0 Å². The van der Waals surface area contributed by atoms with Crippen LogP contribution < -0.4 is 4.74 Å². The van der Waals surface area contributed by atoms with E-state index in [0.29, 0.717) is 54.8 Å². The standard InChI is InChI=1S/C19H20ClN3O3/c1-2-26-17-7-6-14(13-15(17)20)18(24)22-9-11-23(12-10-22)19(25)16-5-3-4-8-21-16/h3-8,13H,2,9-12H2,1H3. The summed E-state index contributed by atoms with van der Waals surface area (Å²) in [5.41, 5.74) is 0.938. The number of pyridine rings is 1. The Morgan fingerprint density at radius 1 is 1.08 bits per heavy atom. The van der Waals surface area contributed by atoms with Gasteiger partial charge in [0, 0.05) is 37.9 Å². The molecule has 1 saturated heterocycles. The van der Waals surface area contributed by atoms with E-state index in [1.807, 2.05) is 6.92 Å². The maximum absolute atomic E-state index is 12.7. The molecule has 7 heteroatoms. The van der Waals surface area contributed by atoms with Gasteiger partial charge in [-0.3, -0.25) is 14.6 Å². The van der Waals surface area contributed by atoms with Crippen LogP contribution >= 0.6 is 11.6 Å². The summed E-state index contributed by atoms with van der Waals surface area (Å²) in [6.45, 7) is 4.29. The summed E-state index contributed by atoms with van der Waals surface area (Å²) in [4.78, 5) is 32.6. The minimum atomic E-state index is -0.109. The van der Waals surface area contributed by atoms with E-state index < -0.39 is 0 Å². The van der Waals surface area contributed by atoms with Crippen molar-refractivity contribution in [1.82, 2.24) is 14.8 Å². The molecular weight excluding hydrogens is 354 g/mol. The Kier molecular flexibility index (Phi) is 5.73. The van der Waals surface area contributed by atoms with E-state index in [-0.39, 0.29) is 11.8 Å². The van der Waals surface area contributed by atoms with Crippen molar-refractivity contribution in [3.05, 3.63) is 58.9 Å². The molecule has 3 rings (SSSR count). The maximum atomic E-state index is 12.7. The van der Waals surface area contributed by atoms with Crippen molar-refractivity contribution >= 4 is 23.4 Å². The quantitative estimate of drug-likeness (QED) is 0.826. The van der Waals surface area contributed by atoms with Crippen LogP contribution in [0.15, 0.2) is 42.6 Å². The third-order valence-electron chi connectivity index (χ3n) is 4.22. The molecule has 0 atom stereocenters. The minimum Gasteiger partial charge on any atom is -0.492 e. The van der Waals surface area contributed by atoms with Gasteiger partial charge in [-0.05, 0) is 37.3 Å². The summed E-state index contributed by atoms with van der Waals surface area (Å²) in [7, 11) is 0. The first-order chi connectivity index (χ1) is 12.6. The molecule has 6 nitrogen and oxygen atoms in total. The molecule has 1 aliphatic heterocycles. The number of benzene rings is 1. The Morgan fingerprint density at radius 2 is 1.77 bits per heavy atom. The van der Waals surface area contributed by atoms with Gasteiger partial charge in [0.2, 0.25) is 0 Å². The van der Waals surface area contributed by atoms with Gasteiger partial charge >= 0.3 is 0 Å². The molecule has 1 fully saturated rings. The minimum absolute atomic E-state index is 0.0973. The Morgan fingerprint density at radius 3 is 2.35 bits per heavy atom. The molecule has 0 unspecified atom stereocenters. The second kappa shape index (κ2) is 8.19. The highest BCUT2D eigenvalue weighted by Gasteiger charge is 2.26. The van der Waals surface area contributed by atoms with Gasteiger partial charge in [-0.2, -0.15) is 0 Å². The van der Waals surface area contributed by atoms with Gasteiger partial charge < -0.3 is 14.5 Å². The fourth-order valence-electron chi connectivity index (χ4n) is 2.85. The second-order valence-electron chi connectivity index (χ2n) is 5.88. The smallest absolute Gasteiger partial charge is 0.272 e. The SMILES string of the molecule is CCOc1ccc(C(=O)N2CCN(C(=O)c3ccccn3)CC2)cc1Cl. The number of carbonyl (C=O) groups is 2. The van der Waals surface area contributed by atoms with Crippen molar-refractivity contribution in [1.29, 1.82) is 0 Å². The number of aromatic nitrogens is 1. The van der Waals surface area contributed by atoms with Crippen molar-refractivity contribution < 1.29 is 14.3 Å². The van der Waals surface area contributed by atoms with Gasteiger partial charge in [0.05, 0.1) is 11.6 Å². The fraction of sp³-hybridized carbons (Fsp3) is 0.316. The summed E-state index contributed by atoms with van der Waals surface area (Å²) < 4.78 is 5.39. The second-order valence-corrected chi connectivity index (χ2v) is 6.28. The van der Waals surface area contributed by atoms with Crippen LogP contribution in [-0.4, -0.2) is 59.4 Å². The van der Waals surface area contributed by atoms with E-state index in [1.54, 1.807) is 52.4 Å². The number of rotatable bonds is 4. The van der Waals surface area contributed by atoms with Gasteiger partial charge in [-0.15, -0.1) is 0 Å². The Labute approximate surface area is 157 Å². The third kappa shape index (κ3) is 3.96. The van der Waals surface area contributed by atoms with Gasteiger partial charge in [-0.25, -0.2) is 0 Å². The molecule has 136 valence electrons. The molecule has 2 heterocycles. The zero-order valence-corrected chi connectivity index (χ0v) is 15.3. The zero-order valence-electron chi connectivity index (χ0n) is 14.5. The number of hydrogen-bond donors (Lipinski definition) is 0. The van der Waals surface area contributed by atoms with Crippen molar-refractivity contribution in [3.8, 4) is 5.75 Å². The van der Waals surface area contributed by atoms with E-state index in [2.05, 4.69) is 4.98 Å². The molecule has 0 aliphatic carbocycles. The van der Waals surface area contributed by atoms with E-state index >= 15 is 0 Å². The molecule has 0 spiro atoms. The Hall–Kier alpha value is -2.60. The van der Waals surface area contributed by atoms with Crippen LogP contribution in [0.1, 0.15) is 27.8 Å². The topological polar surface area (TPSA) is 62.7 Å². The van der Waals surface area contributed by atoms with Crippen LogP contribution in [0.25, 0.3) is 0 Å². The van der Waals surface area contributed by atoms with Gasteiger partial charge in [-0.1, -0.05) is 17.7 Å². The summed E-state index contributed by atoms with van der Waals surface area (Å²) in [5, 5.41) is 0.418. The fourth-order valence-corrected chi connectivity index (χ4v) is 3.09. The van der Waals surface area contributed by atoms with Crippen LogP contribution in [0, 0.1) is 0 Å². The number of piperazine rings is 1. The maximum Gasteiger partial charge on any atom is 0.272 e. The molecule has 2 aromatic rings. The average molecular weight is 374 g/mol. The average Bonchev–Trinajstić information content (AvgIpc) is 2.69. The molecule has 0 saturated carbocycles. The molecule has 2 amide bonds. The van der Waals surface area contributed by atoms with Crippen LogP contribution in [-0.2, 0) is 0 Å². The lowest BCUT2D eigenvalue weighted by Crippen LogP contribution is -2.50. The molecule has 1 aromatic carbocycles. The lowest BCUT2D eigenvalue weighted by Gasteiger charge is -2.34. The van der Waals surface area contributed by atoms with Crippen LogP contribution in [0.3, 0.4) is 0 Å². The number of amides is 2. The lowest BCUT2D eigenvalue weighted by atomic mass is 10.1. The van der Waals surface area contributed by atoms with Crippen molar-refractivity contribution in [2.75, 3.05) is 32.8 Å². The number of carbonyl (C=O) groups excluding carboxylic acids is 2. The number of ether oxygens (including phenoxy) is 1. The lowest BCUT2D eigenvalue weighted by molar-refractivity contribution is 0.0532. The summed E-state index contributed by atoms with van der Waals surface area (Å²) in [6, 6.07) is 10.3. The highest BCUT2D eigenvalue weighted by atomic mass is 35.5. The molecular formula is C19H20ClN3O3. The first-order valence-corrected chi connectivity index (χ1v) is 8.90. The van der Waals surface area contributed by atoms with Crippen LogP contribution in [0.2, 0.25) is 5.02 Å². The molecule has 26 heavy (non-hydrogen) atoms. The van der Waals surface area contributed by atoms with Crippen molar-refractivity contribution in [2.45, 2.75) is 6.92 Å². The van der Waals surface area contributed by atoms with E-state index in [9.17, 15) is 9.59 Å². The summed E-state index contributed by atoms with van der Waals surface area (Å²) >= 11 is 6.17. The third-order valence-corrected chi connectivity index (χ3v) is 4.51. The predicted molar refractivity (Wildman–Crippen MR) is 98.7 cm³/mol. The number of halogens is 1.